The molecule has 3 rings (SSSR count). The second kappa shape index (κ2) is 4.88. The summed E-state index contributed by atoms with van der Waals surface area (Å²) >= 11 is 0. The molecule has 0 saturated carbocycles. The molecule has 1 atom stereocenters. The average Bonchev–Trinajstić information content (AvgIpc) is 2.81. The standard InChI is InChI=1S/C15H15NO2/c1-11-5-2-3-6-12(11)9-17-15-14-13(10-18-15)7-4-8-16-14/h2-8,15H,9-10H2,1H3. The Hall–Kier alpha value is -1.71. The summed E-state index contributed by atoms with van der Waals surface area (Å²) in [6.45, 7) is 3.22. The summed E-state index contributed by atoms with van der Waals surface area (Å²) in [4.78, 5) is 4.33. The van der Waals surface area contributed by atoms with Crippen molar-refractivity contribution in [2.24, 2.45) is 0 Å². The van der Waals surface area contributed by atoms with Gasteiger partial charge >= 0.3 is 0 Å². The van der Waals surface area contributed by atoms with Crippen molar-refractivity contribution in [2.45, 2.75) is 26.4 Å². The van der Waals surface area contributed by atoms with Gasteiger partial charge in [-0.3, -0.25) is 4.98 Å². The lowest BCUT2D eigenvalue weighted by atomic mass is 10.1. The van der Waals surface area contributed by atoms with Gasteiger partial charge in [-0.2, -0.15) is 0 Å². The van der Waals surface area contributed by atoms with E-state index in [0.29, 0.717) is 13.2 Å². The summed E-state index contributed by atoms with van der Waals surface area (Å²) in [6, 6.07) is 12.2. The van der Waals surface area contributed by atoms with Gasteiger partial charge < -0.3 is 9.47 Å². The first-order valence-corrected chi connectivity index (χ1v) is 6.06. The van der Waals surface area contributed by atoms with Crippen LogP contribution in [-0.2, 0) is 22.7 Å². The maximum atomic E-state index is 5.81. The van der Waals surface area contributed by atoms with Gasteiger partial charge in [-0.05, 0) is 24.1 Å². The smallest absolute Gasteiger partial charge is 0.202 e. The van der Waals surface area contributed by atoms with Crippen molar-refractivity contribution in [3.05, 3.63) is 65.0 Å². The van der Waals surface area contributed by atoms with Crippen LogP contribution in [-0.4, -0.2) is 4.98 Å². The van der Waals surface area contributed by atoms with Gasteiger partial charge in [0.1, 0.15) is 5.69 Å². The molecule has 0 radical (unpaired) electrons. The molecule has 0 bridgehead atoms. The molecule has 0 saturated heterocycles. The third kappa shape index (κ3) is 2.15. The van der Waals surface area contributed by atoms with Gasteiger partial charge in [0.15, 0.2) is 0 Å². The summed E-state index contributed by atoms with van der Waals surface area (Å²) in [6.07, 6.45) is 1.44. The number of aryl methyl sites for hydroxylation is 1. The molecule has 3 heteroatoms. The van der Waals surface area contributed by atoms with Crippen LogP contribution in [0, 0.1) is 6.92 Å². The third-order valence-corrected chi connectivity index (χ3v) is 3.19. The van der Waals surface area contributed by atoms with Crippen LogP contribution in [0.25, 0.3) is 0 Å². The molecule has 0 aliphatic carbocycles. The molecule has 2 heterocycles. The number of rotatable bonds is 3. The summed E-state index contributed by atoms with van der Waals surface area (Å²) < 4.78 is 11.4. The first-order valence-electron chi connectivity index (χ1n) is 6.06. The van der Waals surface area contributed by atoms with E-state index >= 15 is 0 Å². The minimum Gasteiger partial charge on any atom is -0.342 e. The van der Waals surface area contributed by atoms with Gasteiger partial charge in [-0.25, -0.2) is 0 Å². The van der Waals surface area contributed by atoms with Crippen molar-refractivity contribution in [2.75, 3.05) is 0 Å². The number of fused-ring (bicyclic) bond motifs is 1. The molecule has 92 valence electrons. The molecular weight excluding hydrogens is 226 g/mol. The van der Waals surface area contributed by atoms with Crippen molar-refractivity contribution in [3.63, 3.8) is 0 Å². The van der Waals surface area contributed by atoms with Gasteiger partial charge in [-0.15, -0.1) is 0 Å². The molecule has 1 aromatic carbocycles. The molecule has 1 aliphatic rings. The largest absolute Gasteiger partial charge is 0.342 e. The number of benzene rings is 1. The van der Waals surface area contributed by atoms with E-state index in [1.54, 1.807) is 6.20 Å². The summed E-state index contributed by atoms with van der Waals surface area (Å²) in [5.41, 5.74) is 4.44. The zero-order valence-corrected chi connectivity index (χ0v) is 10.3. The van der Waals surface area contributed by atoms with E-state index in [0.717, 1.165) is 11.3 Å². The summed E-state index contributed by atoms with van der Waals surface area (Å²) in [7, 11) is 0. The van der Waals surface area contributed by atoms with E-state index < -0.39 is 0 Å². The van der Waals surface area contributed by atoms with Gasteiger partial charge in [0.25, 0.3) is 0 Å². The number of hydrogen-bond acceptors (Lipinski definition) is 3. The highest BCUT2D eigenvalue weighted by atomic mass is 16.7. The minimum atomic E-state index is -0.333. The van der Waals surface area contributed by atoms with Crippen LogP contribution in [0.1, 0.15) is 28.7 Å². The van der Waals surface area contributed by atoms with Crippen molar-refractivity contribution in [3.8, 4) is 0 Å². The fraction of sp³-hybridized carbons (Fsp3) is 0.267. The number of hydrogen-bond donors (Lipinski definition) is 0. The average molecular weight is 241 g/mol. The third-order valence-electron chi connectivity index (χ3n) is 3.19. The van der Waals surface area contributed by atoms with Gasteiger partial charge in [0, 0.05) is 11.8 Å². The quantitative estimate of drug-likeness (QED) is 0.827. The lowest BCUT2D eigenvalue weighted by molar-refractivity contribution is -0.147. The molecule has 18 heavy (non-hydrogen) atoms. The Kier molecular flexibility index (Phi) is 3.09. The number of ether oxygens (including phenoxy) is 2. The van der Waals surface area contributed by atoms with Crippen LogP contribution in [0.5, 0.6) is 0 Å². The van der Waals surface area contributed by atoms with Gasteiger partial charge in [-0.1, -0.05) is 30.3 Å². The fourth-order valence-corrected chi connectivity index (χ4v) is 2.09. The van der Waals surface area contributed by atoms with Crippen molar-refractivity contribution < 1.29 is 9.47 Å². The molecule has 1 aromatic heterocycles. The van der Waals surface area contributed by atoms with Crippen LogP contribution in [0.2, 0.25) is 0 Å². The van der Waals surface area contributed by atoms with Crippen molar-refractivity contribution in [1.29, 1.82) is 0 Å². The van der Waals surface area contributed by atoms with E-state index in [1.807, 2.05) is 24.3 Å². The second-order valence-electron chi connectivity index (χ2n) is 4.43. The lowest BCUT2D eigenvalue weighted by Crippen LogP contribution is -2.05. The molecule has 0 fully saturated rings. The van der Waals surface area contributed by atoms with Crippen molar-refractivity contribution in [1.82, 2.24) is 4.98 Å². The van der Waals surface area contributed by atoms with E-state index in [-0.39, 0.29) is 6.29 Å². The fourth-order valence-electron chi connectivity index (χ4n) is 2.09. The van der Waals surface area contributed by atoms with Crippen LogP contribution in [0.15, 0.2) is 42.6 Å². The molecule has 1 aliphatic heterocycles. The Labute approximate surface area is 106 Å². The van der Waals surface area contributed by atoms with Crippen LogP contribution in [0.3, 0.4) is 0 Å². The minimum absolute atomic E-state index is 0.333. The molecular formula is C15H15NO2. The Balaban J connectivity index is 1.71. The molecule has 0 N–H and O–H groups in total. The Morgan fingerprint density at radius 3 is 3.06 bits per heavy atom. The maximum Gasteiger partial charge on any atom is 0.202 e. The Morgan fingerprint density at radius 2 is 2.17 bits per heavy atom. The highest BCUT2D eigenvalue weighted by molar-refractivity contribution is 5.25. The van der Waals surface area contributed by atoms with Crippen LogP contribution >= 0.6 is 0 Å². The van der Waals surface area contributed by atoms with Crippen LogP contribution < -0.4 is 0 Å². The summed E-state index contributed by atoms with van der Waals surface area (Å²) in [5.74, 6) is 0. The highest BCUT2D eigenvalue weighted by Gasteiger charge is 2.24. The topological polar surface area (TPSA) is 31.4 Å². The molecule has 3 nitrogen and oxygen atoms in total. The SMILES string of the molecule is Cc1ccccc1COC1OCc2cccnc21. The predicted molar refractivity (Wildman–Crippen MR) is 67.7 cm³/mol. The predicted octanol–water partition coefficient (Wildman–Crippen LogP) is 3.14. The Bertz CT molecular complexity index is 554. The molecule has 1 unspecified atom stereocenters. The molecule has 0 amide bonds. The molecule has 0 spiro atoms. The van der Waals surface area contributed by atoms with Gasteiger partial charge in [0.2, 0.25) is 6.29 Å². The first kappa shape index (κ1) is 11.4. The van der Waals surface area contributed by atoms with Crippen LogP contribution in [0.4, 0.5) is 0 Å². The second-order valence-corrected chi connectivity index (χ2v) is 4.43. The number of pyridine rings is 1. The van der Waals surface area contributed by atoms with E-state index in [1.165, 1.54) is 11.1 Å². The zero-order valence-electron chi connectivity index (χ0n) is 10.3. The monoisotopic (exact) mass is 241 g/mol. The van der Waals surface area contributed by atoms with E-state index in [2.05, 4.69) is 24.0 Å². The maximum absolute atomic E-state index is 5.81. The van der Waals surface area contributed by atoms with E-state index in [9.17, 15) is 0 Å². The number of aromatic nitrogens is 1. The van der Waals surface area contributed by atoms with Crippen molar-refractivity contribution >= 4 is 0 Å². The summed E-state index contributed by atoms with van der Waals surface area (Å²) in [5, 5.41) is 0. The molecule has 2 aromatic rings. The lowest BCUT2D eigenvalue weighted by Gasteiger charge is -2.12. The Morgan fingerprint density at radius 1 is 1.28 bits per heavy atom. The highest BCUT2D eigenvalue weighted by Crippen LogP contribution is 2.30. The van der Waals surface area contributed by atoms with E-state index in [4.69, 9.17) is 9.47 Å². The first-order chi connectivity index (χ1) is 8.84. The number of nitrogens with zero attached hydrogens (tertiary/aromatic N) is 1. The normalized spacial score (nSPS) is 17.7. The van der Waals surface area contributed by atoms with Gasteiger partial charge in [0.05, 0.1) is 13.2 Å². The zero-order chi connectivity index (χ0) is 12.4.